The Labute approximate surface area is 123 Å². The number of nitrogen functional groups attached to an aromatic ring is 1. The second kappa shape index (κ2) is 6.06. The third-order valence-electron chi connectivity index (χ3n) is 2.86. The van der Waals surface area contributed by atoms with Crippen molar-refractivity contribution in [1.82, 2.24) is 14.7 Å². The van der Waals surface area contributed by atoms with Gasteiger partial charge in [-0.15, -0.1) is 0 Å². The van der Waals surface area contributed by atoms with Crippen molar-refractivity contribution in [3.63, 3.8) is 0 Å². The molecule has 0 aliphatic rings. The number of aromatic nitrogens is 2. The minimum atomic E-state index is -3.59. The highest BCUT2D eigenvalue weighted by Crippen LogP contribution is 2.24. The van der Waals surface area contributed by atoms with Gasteiger partial charge in [0.1, 0.15) is 4.90 Å². The molecule has 0 spiro atoms. The summed E-state index contributed by atoms with van der Waals surface area (Å²) in [6, 6.07) is 4.67. The van der Waals surface area contributed by atoms with Gasteiger partial charge in [0.15, 0.2) is 0 Å². The van der Waals surface area contributed by atoms with Gasteiger partial charge >= 0.3 is 0 Å². The number of hydrogen-bond donors (Lipinski definition) is 3. The lowest BCUT2D eigenvalue weighted by molar-refractivity contribution is 0.588. The molecule has 0 fully saturated rings. The van der Waals surface area contributed by atoms with Crippen molar-refractivity contribution in [3.05, 3.63) is 42.0 Å². The van der Waals surface area contributed by atoms with Gasteiger partial charge in [-0.1, -0.05) is 0 Å². The van der Waals surface area contributed by atoms with Crippen molar-refractivity contribution in [1.29, 1.82) is 0 Å². The molecule has 1 aromatic heterocycles. The average Bonchev–Trinajstić information content (AvgIpc) is 2.47. The molecule has 7 nitrogen and oxygen atoms in total. The second-order valence-electron chi connectivity index (χ2n) is 4.47. The Balaban J connectivity index is 2.26. The van der Waals surface area contributed by atoms with Gasteiger partial charge in [0.05, 0.1) is 29.8 Å². The van der Waals surface area contributed by atoms with Crippen molar-refractivity contribution in [2.24, 2.45) is 0 Å². The van der Waals surface area contributed by atoms with E-state index in [-0.39, 0.29) is 4.90 Å². The van der Waals surface area contributed by atoms with Gasteiger partial charge in [0.25, 0.3) is 0 Å². The van der Waals surface area contributed by atoms with Crippen LogP contribution in [0.1, 0.15) is 11.4 Å². The molecular weight excluding hydrogens is 290 g/mol. The quantitative estimate of drug-likeness (QED) is 0.708. The molecule has 21 heavy (non-hydrogen) atoms. The van der Waals surface area contributed by atoms with Crippen LogP contribution in [0, 0.1) is 6.92 Å². The molecule has 0 amide bonds. The molecule has 0 atom stereocenters. The van der Waals surface area contributed by atoms with Crippen LogP contribution in [-0.2, 0) is 16.6 Å². The third-order valence-corrected chi connectivity index (χ3v) is 4.31. The lowest BCUT2D eigenvalue weighted by Gasteiger charge is -2.12. The number of aryl methyl sites for hydroxylation is 1. The first-order valence-electron chi connectivity index (χ1n) is 6.27. The summed E-state index contributed by atoms with van der Waals surface area (Å²) in [7, 11) is -2.24. The fourth-order valence-corrected chi connectivity index (χ4v) is 2.65. The molecule has 0 radical (unpaired) electrons. The predicted molar refractivity (Wildman–Crippen MR) is 81.2 cm³/mol. The standard InChI is InChI=1S/C13H17N5O2S/c1-9-6-17-11(7-16-9)8-18-12-4-3-10(14)5-13(12)21(19,20)15-2/h3-7,15,18H,8,14H2,1-2H3. The number of nitrogens with one attached hydrogen (secondary N) is 2. The van der Waals surface area contributed by atoms with E-state index in [1.54, 1.807) is 24.5 Å². The molecule has 2 aromatic rings. The number of nitrogens with two attached hydrogens (primary N) is 1. The molecule has 8 heteroatoms. The topological polar surface area (TPSA) is 110 Å². The summed E-state index contributed by atoms with van der Waals surface area (Å²) >= 11 is 0. The van der Waals surface area contributed by atoms with Crippen LogP contribution in [0.4, 0.5) is 11.4 Å². The van der Waals surface area contributed by atoms with E-state index in [9.17, 15) is 8.42 Å². The number of sulfonamides is 1. The normalized spacial score (nSPS) is 11.3. The fourth-order valence-electron chi connectivity index (χ4n) is 1.71. The molecule has 0 aliphatic carbocycles. The molecule has 0 saturated carbocycles. The van der Waals surface area contributed by atoms with E-state index in [4.69, 9.17) is 5.73 Å². The van der Waals surface area contributed by atoms with E-state index in [1.165, 1.54) is 13.1 Å². The minimum Gasteiger partial charge on any atom is -0.399 e. The molecule has 0 aliphatic heterocycles. The molecule has 1 aromatic carbocycles. The maximum absolute atomic E-state index is 12.0. The van der Waals surface area contributed by atoms with E-state index in [1.807, 2.05) is 6.92 Å². The fraction of sp³-hybridized carbons (Fsp3) is 0.231. The Morgan fingerprint density at radius 3 is 2.62 bits per heavy atom. The largest absolute Gasteiger partial charge is 0.399 e. The van der Waals surface area contributed by atoms with Crippen LogP contribution < -0.4 is 15.8 Å². The van der Waals surface area contributed by atoms with E-state index in [0.29, 0.717) is 23.6 Å². The van der Waals surface area contributed by atoms with E-state index in [0.717, 1.165) is 5.69 Å². The van der Waals surface area contributed by atoms with Gasteiger partial charge < -0.3 is 11.1 Å². The number of benzene rings is 1. The highest BCUT2D eigenvalue weighted by Gasteiger charge is 2.17. The lowest BCUT2D eigenvalue weighted by atomic mass is 10.3. The first kappa shape index (κ1) is 15.2. The molecule has 2 rings (SSSR count). The molecule has 112 valence electrons. The van der Waals surface area contributed by atoms with Crippen molar-refractivity contribution in [3.8, 4) is 0 Å². The Morgan fingerprint density at radius 2 is 2.00 bits per heavy atom. The zero-order chi connectivity index (χ0) is 15.5. The Hall–Kier alpha value is -2.19. The third kappa shape index (κ3) is 3.67. The Morgan fingerprint density at radius 1 is 1.24 bits per heavy atom. The van der Waals surface area contributed by atoms with E-state index < -0.39 is 10.0 Å². The summed E-state index contributed by atoms with van der Waals surface area (Å²) in [5, 5.41) is 3.04. The van der Waals surface area contributed by atoms with Crippen LogP contribution in [0.3, 0.4) is 0 Å². The molecule has 1 heterocycles. The van der Waals surface area contributed by atoms with E-state index in [2.05, 4.69) is 20.0 Å². The minimum absolute atomic E-state index is 0.102. The van der Waals surface area contributed by atoms with Gasteiger partial charge in [-0.2, -0.15) is 0 Å². The van der Waals surface area contributed by atoms with E-state index >= 15 is 0 Å². The van der Waals surface area contributed by atoms with Gasteiger partial charge in [-0.3, -0.25) is 9.97 Å². The molecule has 0 saturated heterocycles. The highest BCUT2D eigenvalue weighted by molar-refractivity contribution is 7.89. The van der Waals surface area contributed by atoms with Crippen molar-refractivity contribution >= 4 is 21.4 Å². The van der Waals surface area contributed by atoms with Crippen LogP contribution in [0.2, 0.25) is 0 Å². The average molecular weight is 307 g/mol. The summed E-state index contributed by atoms with van der Waals surface area (Å²) in [5.74, 6) is 0. The SMILES string of the molecule is CNS(=O)(=O)c1cc(N)ccc1NCc1cnc(C)cn1. The van der Waals surface area contributed by atoms with Crippen molar-refractivity contribution in [2.75, 3.05) is 18.1 Å². The summed E-state index contributed by atoms with van der Waals surface area (Å²) in [4.78, 5) is 8.45. The highest BCUT2D eigenvalue weighted by atomic mass is 32.2. The van der Waals surface area contributed by atoms with Crippen LogP contribution >= 0.6 is 0 Å². The zero-order valence-corrected chi connectivity index (χ0v) is 12.6. The van der Waals surface area contributed by atoms with Gasteiger partial charge in [-0.25, -0.2) is 13.1 Å². The predicted octanol–water partition coefficient (Wildman–Crippen LogP) is 0.887. The summed E-state index contributed by atoms with van der Waals surface area (Å²) in [6.45, 7) is 2.21. The Kier molecular flexibility index (Phi) is 4.39. The lowest BCUT2D eigenvalue weighted by Crippen LogP contribution is -2.20. The summed E-state index contributed by atoms with van der Waals surface area (Å²) in [5.41, 5.74) is 8.04. The number of nitrogens with zero attached hydrogens (tertiary/aromatic N) is 2. The zero-order valence-electron chi connectivity index (χ0n) is 11.8. The van der Waals surface area contributed by atoms with Crippen molar-refractivity contribution in [2.45, 2.75) is 18.4 Å². The van der Waals surface area contributed by atoms with Gasteiger partial charge in [-0.05, 0) is 32.2 Å². The number of anilines is 2. The van der Waals surface area contributed by atoms with Crippen LogP contribution in [0.15, 0.2) is 35.5 Å². The smallest absolute Gasteiger partial charge is 0.242 e. The first-order valence-corrected chi connectivity index (χ1v) is 7.75. The number of hydrogen-bond acceptors (Lipinski definition) is 6. The van der Waals surface area contributed by atoms with Crippen LogP contribution in [0.5, 0.6) is 0 Å². The molecular formula is C13H17N5O2S. The molecule has 0 unspecified atom stereocenters. The maximum atomic E-state index is 12.0. The molecule has 0 bridgehead atoms. The Bertz CT molecular complexity index is 729. The second-order valence-corrected chi connectivity index (χ2v) is 6.32. The first-order chi connectivity index (χ1) is 9.92. The van der Waals surface area contributed by atoms with Gasteiger partial charge in [0, 0.05) is 11.9 Å². The monoisotopic (exact) mass is 307 g/mol. The van der Waals surface area contributed by atoms with Crippen molar-refractivity contribution < 1.29 is 8.42 Å². The summed E-state index contributed by atoms with van der Waals surface area (Å²) in [6.07, 6.45) is 3.30. The van der Waals surface area contributed by atoms with Gasteiger partial charge in [0.2, 0.25) is 10.0 Å². The van der Waals surface area contributed by atoms with Crippen LogP contribution in [0.25, 0.3) is 0 Å². The maximum Gasteiger partial charge on any atom is 0.242 e. The summed E-state index contributed by atoms with van der Waals surface area (Å²) < 4.78 is 26.3. The molecule has 4 N–H and O–H groups in total. The van der Waals surface area contributed by atoms with Crippen LogP contribution in [-0.4, -0.2) is 25.4 Å². The number of rotatable bonds is 5.